The molecule has 0 heterocycles. The molecule has 0 fully saturated rings. The van der Waals surface area contributed by atoms with Gasteiger partial charge in [0.1, 0.15) is 11.4 Å². The Morgan fingerprint density at radius 2 is 1.87 bits per heavy atom. The zero-order chi connectivity index (χ0) is 16.7. The molecule has 2 rings (SSSR count). The SMILES string of the molecule is COCC(C)(CNC(=O)COc1ccc2ccccc2c1)OC. The van der Waals surface area contributed by atoms with Crippen LogP contribution in [0.15, 0.2) is 42.5 Å². The monoisotopic (exact) mass is 317 g/mol. The van der Waals surface area contributed by atoms with Crippen molar-refractivity contribution in [2.24, 2.45) is 0 Å². The number of methoxy groups -OCH3 is 2. The quantitative estimate of drug-likeness (QED) is 0.812. The van der Waals surface area contributed by atoms with Crippen molar-refractivity contribution in [3.05, 3.63) is 42.5 Å². The van der Waals surface area contributed by atoms with E-state index in [9.17, 15) is 4.79 Å². The Bertz CT molecular complexity index is 658. The number of ether oxygens (including phenoxy) is 3. The van der Waals surface area contributed by atoms with Crippen LogP contribution in [0.5, 0.6) is 5.75 Å². The maximum absolute atomic E-state index is 11.9. The summed E-state index contributed by atoms with van der Waals surface area (Å²) in [6, 6.07) is 13.8. The molecule has 0 bridgehead atoms. The first kappa shape index (κ1) is 17.2. The maximum atomic E-state index is 11.9. The molecule has 0 saturated carbocycles. The first-order valence-electron chi connectivity index (χ1n) is 7.49. The standard InChI is InChI=1S/C18H23NO4/c1-18(22-3,13-21-2)12-19-17(20)11-23-16-9-8-14-6-4-5-7-15(14)10-16/h4-10H,11-13H2,1-3H3,(H,19,20). The molecule has 5 heteroatoms. The summed E-state index contributed by atoms with van der Waals surface area (Å²) in [6.07, 6.45) is 0. The zero-order valence-electron chi connectivity index (χ0n) is 13.8. The van der Waals surface area contributed by atoms with Crippen molar-refractivity contribution in [1.29, 1.82) is 0 Å². The molecule has 1 N–H and O–H groups in total. The topological polar surface area (TPSA) is 56.8 Å². The van der Waals surface area contributed by atoms with E-state index in [4.69, 9.17) is 14.2 Å². The molecule has 0 aromatic heterocycles. The van der Waals surface area contributed by atoms with Gasteiger partial charge in [0.15, 0.2) is 6.61 Å². The molecule has 0 aliphatic rings. The Labute approximate surface area is 136 Å². The van der Waals surface area contributed by atoms with E-state index in [-0.39, 0.29) is 12.5 Å². The summed E-state index contributed by atoms with van der Waals surface area (Å²) in [5.41, 5.74) is -0.548. The van der Waals surface area contributed by atoms with Crippen molar-refractivity contribution < 1.29 is 19.0 Å². The van der Waals surface area contributed by atoms with Crippen LogP contribution in [0.25, 0.3) is 10.8 Å². The van der Waals surface area contributed by atoms with Gasteiger partial charge in [0.2, 0.25) is 0 Å². The molecular formula is C18H23NO4. The first-order valence-corrected chi connectivity index (χ1v) is 7.49. The van der Waals surface area contributed by atoms with E-state index in [1.165, 1.54) is 0 Å². The second-order valence-electron chi connectivity index (χ2n) is 5.66. The van der Waals surface area contributed by atoms with Crippen LogP contribution in [0.1, 0.15) is 6.92 Å². The van der Waals surface area contributed by atoms with Gasteiger partial charge in [-0.05, 0) is 29.8 Å². The molecule has 0 saturated heterocycles. The number of nitrogens with one attached hydrogen (secondary N) is 1. The predicted molar refractivity (Wildman–Crippen MR) is 89.7 cm³/mol. The maximum Gasteiger partial charge on any atom is 0.258 e. The number of amides is 1. The lowest BCUT2D eigenvalue weighted by atomic mass is 10.1. The van der Waals surface area contributed by atoms with E-state index < -0.39 is 5.60 Å². The van der Waals surface area contributed by atoms with Gasteiger partial charge in [-0.2, -0.15) is 0 Å². The molecule has 5 nitrogen and oxygen atoms in total. The lowest BCUT2D eigenvalue weighted by molar-refractivity contribution is -0.125. The predicted octanol–water partition coefficient (Wildman–Crippen LogP) is 2.39. The van der Waals surface area contributed by atoms with E-state index in [1.807, 2.05) is 49.4 Å². The van der Waals surface area contributed by atoms with E-state index >= 15 is 0 Å². The summed E-state index contributed by atoms with van der Waals surface area (Å²) in [5, 5.41) is 5.02. The van der Waals surface area contributed by atoms with Gasteiger partial charge in [-0.25, -0.2) is 0 Å². The van der Waals surface area contributed by atoms with Crippen LogP contribution in [0.2, 0.25) is 0 Å². The fraction of sp³-hybridized carbons (Fsp3) is 0.389. The van der Waals surface area contributed by atoms with Gasteiger partial charge in [0, 0.05) is 20.8 Å². The molecule has 23 heavy (non-hydrogen) atoms. The molecule has 0 aliphatic heterocycles. The average molecular weight is 317 g/mol. The lowest BCUT2D eigenvalue weighted by Gasteiger charge is -2.27. The van der Waals surface area contributed by atoms with Crippen LogP contribution in [0.4, 0.5) is 0 Å². The third-order valence-corrected chi connectivity index (χ3v) is 3.69. The summed E-state index contributed by atoms with van der Waals surface area (Å²) in [4.78, 5) is 11.9. The summed E-state index contributed by atoms with van der Waals surface area (Å²) < 4.78 is 16.0. The summed E-state index contributed by atoms with van der Waals surface area (Å²) in [5.74, 6) is 0.475. The number of carbonyl (C=O) groups is 1. The van der Waals surface area contributed by atoms with Crippen molar-refractivity contribution in [2.45, 2.75) is 12.5 Å². The summed E-state index contributed by atoms with van der Waals surface area (Å²) in [7, 11) is 3.19. The molecule has 2 aromatic carbocycles. The van der Waals surface area contributed by atoms with Crippen molar-refractivity contribution in [2.75, 3.05) is 34.0 Å². The third kappa shape index (κ3) is 4.94. The van der Waals surface area contributed by atoms with Crippen LogP contribution in [-0.4, -0.2) is 45.5 Å². The minimum absolute atomic E-state index is 0.0366. The van der Waals surface area contributed by atoms with E-state index in [0.29, 0.717) is 18.9 Å². The highest BCUT2D eigenvalue weighted by Crippen LogP contribution is 2.20. The van der Waals surface area contributed by atoms with Gasteiger partial charge < -0.3 is 19.5 Å². The first-order chi connectivity index (χ1) is 11.1. The van der Waals surface area contributed by atoms with Crippen molar-refractivity contribution >= 4 is 16.7 Å². The highest BCUT2D eigenvalue weighted by Gasteiger charge is 2.24. The average Bonchev–Trinajstić information content (AvgIpc) is 2.58. The third-order valence-electron chi connectivity index (χ3n) is 3.69. The molecule has 0 spiro atoms. The highest BCUT2D eigenvalue weighted by atomic mass is 16.5. The largest absolute Gasteiger partial charge is 0.484 e. The second kappa shape index (κ2) is 7.94. The molecule has 0 radical (unpaired) electrons. The number of hydrogen-bond acceptors (Lipinski definition) is 4. The lowest BCUT2D eigenvalue weighted by Crippen LogP contribution is -2.46. The van der Waals surface area contributed by atoms with Gasteiger partial charge >= 0.3 is 0 Å². The number of rotatable bonds is 8. The van der Waals surface area contributed by atoms with Gasteiger partial charge in [-0.15, -0.1) is 0 Å². The molecule has 0 aliphatic carbocycles. The Morgan fingerprint density at radius 1 is 1.13 bits per heavy atom. The van der Waals surface area contributed by atoms with Gasteiger partial charge in [-0.3, -0.25) is 4.79 Å². The zero-order valence-corrected chi connectivity index (χ0v) is 13.8. The van der Waals surface area contributed by atoms with Crippen LogP contribution in [-0.2, 0) is 14.3 Å². The Kier molecular flexibility index (Phi) is 5.96. The van der Waals surface area contributed by atoms with Gasteiger partial charge in [0.25, 0.3) is 5.91 Å². The smallest absolute Gasteiger partial charge is 0.258 e. The van der Waals surface area contributed by atoms with Crippen LogP contribution in [0, 0.1) is 0 Å². The number of fused-ring (bicyclic) bond motifs is 1. The molecule has 2 aromatic rings. The fourth-order valence-electron chi connectivity index (χ4n) is 2.23. The number of carbonyl (C=O) groups excluding carboxylic acids is 1. The molecule has 124 valence electrons. The summed E-state index contributed by atoms with van der Waals surface area (Å²) >= 11 is 0. The highest BCUT2D eigenvalue weighted by molar-refractivity contribution is 5.84. The van der Waals surface area contributed by atoms with Crippen LogP contribution in [0.3, 0.4) is 0 Å². The van der Waals surface area contributed by atoms with Crippen LogP contribution >= 0.6 is 0 Å². The normalized spacial score (nSPS) is 13.5. The Balaban J connectivity index is 1.85. The van der Waals surface area contributed by atoms with E-state index in [1.54, 1.807) is 14.2 Å². The van der Waals surface area contributed by atoms with Crippen LogP contribution < -0.4 is 10.1 Å². The molecule has 1 unspecified atom stereocenters. The number of benzene rings is 2. The molecule has 1 amide bonds. The molecule has 1 atom stereocenters. The van der Waals surface area contributed by atoms with Crippen molar-refractivity contribution in [3.63, 3.8) is 0 Å². The second-order valence-corrected chi connectivity index (χ2v) is 5.66. The number of hydrogen-bond donors (Lipinski definition) is 1. The van der Waals surface area contributed by atoms with Gasteiger partial charge in [0.05, 0.1) is 6.61 Å². The van der Waals surface area contributed by atoms with E-state index in [2.05, 4.69) is 5.32 Å². The van der Waals surface area contributed by atoms with E-state index in [0.717, 1.165) is 10.8 Å². The minimum Gasteiger partial charge on any atom is -0.484 e. The Hall–Kier alpha value is -2.11. The fourth-order valence-corrected chi connectivity index (χ4v) is 2.23. The Morgan fingerprint density at radius 3 is 2.57 bits per heavy atom. The molecular weight excluding hydrogens is 294 g/mol. The summed E-state index contributed by atoms with van der Waals surface area (Å²) in [6.45, 7) is 2.60. The van der Waals surface area contributed by atoms with Crippen molar-refractivity contribution in [1.82, 2.24) is 5.32 Å². The van der Waals surface area contributed by atoms with Gasteiger partial charge in [-0.1, -0.05) is 30.3 Å². The minimum atomic E-state index is -0.548. The van der Waals surface area contributed by atoms with Crippen molar-refractivity contribution in [3.8, 4) is 5.75 Å².